The van der Waals surface area contributed by atoms with Crippen LogP contribution < -0.4 is 15.6 Å². The third-order valence-corrected chi connectivity index (χ3v) is 6.92. The first-order valence-electron chi connectivity index (χ1n) is 11.6. The van der Waals surface area contributed by atoms with Gasteiger partial charge in [0.25, 0.3) is 5.56 Å². The second-order valence-electron chi connectivity index (χ2n) is 9.56. The number of nitrogens with zero attached hydrogens (tertiary/aromatic N) is 4. The lowest BCUT2D eigenvalue weighted by atomic mass is 9.93. The normalized spacial score (nSPS) is 17.9. The number of nitrogens with one attached hydrogen (secondary N) is 1. The summed E-state index contributed by atoms with van der Waals surface area (Å²) in [4.78, 5) is 26.2. The minimum Gasteiger partial charge on any atom is -0.486 e. The number of hydrogen-bond acceptors (Lipinski definition) is 7. The number of hydrogen-bond donors (Lipinski definition) is 2. The van der Waals surface area contributed by atoms with E-state index in [0.29, 0.717) is 23.7 Å². The van der Waals surface area contributed by atoms with Gasteiger partial charge in [0.15, 0.2) is 5.82 Å². The van der Waals surface area contributed by atoms with E-state index in [1.807, 2.05) is 27.0 Å². The molecule has 2 atom stereocenters. The maximum Gasteiger partial charge on any atom is 0.269 e. The summed E-state index contributed by atoms with van der Waals surface area (Å²) in [5, 5.41) is 13.8. The Morgan fingerprint density at radius 1 is 1.28 bits per heavy atom. The Morgan fingerprint density at radius 2 is 2.03 bits per heavy atom. The summed E-state index contributed by atoms with van der Waals surface area (Å²) in [6.45, 7) is 9.09. The number of aromatic nitrogens is 4. The fourth-order valence-electron chi connectivity index (χ4n) is 4.28. The first-order valence-corrected chi connectivity index (χ1v) is 12.4. The van der Waals surface area contributed by atoms with Gasteiger partial charge < -0.3 is 19.7 Å². The van der Waals surface area contributed by atoms with Crippen LogP contribution in [0.5, 0.6) is 5.75 Å². The van der Waals surface area contributed by atoms with Crippen molar-refractivity contribution in [2.45, 2.75) is 65.3 Å². The van der Waals surface area contributed by atoms with Crippen LogP contribution >= 0.6 is 15.9 Å². The number of aryl methyl sites for hydroxylation is 2. The molecule has 8 nitrogen and oxygen atoms in total. The smallest absolute Gasteiger partial charge is 0.269 e. The molecule has 36 heavy (non-hydrogen) atoms. The van der Waals surface area contributed by atoms with Gasteiger partial charge in [0.2, 0.25) is 5.95 Å². The maximum atomic E-state index is 13.5. The van der Waals surface area contributed by atoms with Gasteiger partial charge in [-0.25, -0.2) is 15.0 Å². The van der Waals surface area contributed by atoms with Crippen LogP contribution in [0.2, 0.25) is 0 Å². The Bertz CT molecular complexity index is 1380. The lowest BCUT2D eigenvalue weighted by Crippen LogP contribution is -2.35. The molecule has 0 amide bonds. The van der Waals surface area contributed by atoms with Crippen LogP contribution in [-0.2, 0) is 12.2 Å². The van der Waals surface area contributed by atoms with E-state index in [-0.39, 0.29) is 28.7 Å². The molecule has 1 aliphatic rings. The zero-order valence-corrected chi connectivity index (χ0v) is 22.4. The average molecular weight is 558 g/mol. The average Bonchev–Trinajstić information content (AvgIpc) is 2.81. The quantitative estimate of drug-likeness (QED) is 0.429. The number of aliphatic hydroxyl groups is 1. The van der Waals surface area contributed by atoms with Gasteiger partial charge in [-0.05, 0) is 86.4 Å². The summed E-state index contributed by atoms with van der Waals surface area (Å²) in [5.74, 6) is 0.129. The number of pyridine rings is 2. The third kappa shape index (κ3) is 5.34. The number of ether oxygens (including phenoxy) is 1. The van der Waals surface area contributed by atoms with Crippen molar-refractivity contribution < 1.29 is 14.2 Å². The van der Waals surface area contributed by atoms with E-state index >= 15 is 0 Å². The summed E-state index contributed by atoms with van der Waals surface area (Å²) < 4.78 is 21.2. The predicted molar refractivity (Wildman–Crippen MR) is 137 cm³/mol. The second-order valence-corrected chi connectivity index (χ2v) is 10.4. The molecule has 0 radical (unpaired) electrons. The van der Waals surface area contributed by atoms with Crippen LogP contribution in [0.3, 0.4) is 0 Å². The van der Waals surface area contributed by atoms with Gasteiger partial charge in [-0.3, -0.25) is 4.79 Å². The first kappa shape index (κ1) is 26.0. The molecular formula is C26H29BrFN5O3. The largest absolute Gasteiger partial charge is 0.486 e. The molecule has 190 valence electrons. The van der Waals surface area contributed by atoms with Crippen LogP contribution in [-0.4, -0.2) is 24.6 Å². The van der Waals surface area contributed by atoms with E-state index in [2.05, 4.69) is 36.2 Å². The summed E-state index contributed by atoms with van der Waals surface area (Å²) in [5.41, 5.74) is 2.42. The van der Waals surface area contributed by atoms with E-state index in [4.69, 9.17) is 4.74 Å². The molecule has 4 heterocycles. The monoisotopic (exact) mass is 557 g/mol. The van der Waals surface area contributed by atoms with Crippen LogP contribution in [0, 0.1) is 19.8 Å². The Hall–Kier alpha value is -3.11. The minimum absolute atomic E-state index is 0.0319. The molecule has 10 heteroatoms. The van der Waals surface area contributed by atoms with Gasteiger partial charge in [0, 0.05) is 18.0 Å². The standard InChI is InChI=1S/C26H29BrFN5O3/c1-14-11-29-18(23-15(2)12-30-25(32-23)26(4,5)35)10-19(14)33-16(3)9-20(22(27)24(33)34)36-13-17-7-6-8-21(28)31-17/h6-9,11-12,18-19,29,35H,10,13H2,1-5H3/t18-,19-/m1/s1. The molecule has 0 fully saturated rings. The van der Waals surface area contributed by atoms with E-state index < -0.39 is 11.5 Å². The molecular weight excluding hydrogens is 529 g/mol. The summed E-state index contributed by atoms with van der Waals surface area (Å²) in [6.07, 6.45) is 4.20. The van der Waals surface area contributed by atoms with E-state index in [0.717, 1.165) is 22.5 Å². The van der Waals surface area contributed by atoms with E-state index in [1.54, 1.807) is 42.8 Å². The van der Waals surface area contributed by atoms with Crippen molar-refractivity contribution >= 4 is 15.9 Å². The highest BCUT2D eigenvalue weighted by Crippen LogP contribution is 2.35. The zero-order chi connectivity index (χ0) is 26.2. The minimum atomic E-state index is -1.17. The highest BCUT2D eigenvalue weighted by Gasteiger charge is 2.30. The van der Waals surface area contributed by atoms with Crippen molar-refractivity contribution in [2.75, 3.05) is 0 Å². The van der Waals surface area contributed by atoms with Crippen LogP contribution in [0.25, 0.3) is 0 Å². The summed E-state index contributed by atoms with van der Waals surface area (Å²) in [6, 6.07) is 5.87. The van der Waals surface area contributed by atoms with E-state index in [1.165, 1.54) is 6.07 Å². The predicted octanol–water partition coefficient (Wildman–Crippen LogP) is 4.54. The highest BCUT2D eigenvalue weighted by atomic mass is 79.9. The number of halogens is 2. The molecule has 4 rings (SSSR count). The SMILES string of the molecule is CC1=CN[C@@H](c2nc(C(C)(C)O)ncc2C)C[C@H]1n1c(C)cc(OCc2cccc(F)n2)c(Br)c1=O. The van der Waals surface area contributed by atoms with Crippen LogP contribution in [0.1, 0.15) is 67.7 Å². The Balaban J connectivity index is 1.64. The topological polar surface area (TPSA) is 102 Å². The van der Waals surface area contributed by atoms with Crippen molar-refractivity contribution in [3.05, 3.63) is 91.5 Å². The lowest BCUT2D eigenvalue weighted by molar-refractivity contribution is 0.0682. The molecule has 0 saturated carbocycles. The lowest BCUT2D eigenvalue weighted by Gasteiger charge is -2.33. The molecule has 1 aliphatic heterocycles. The Labute approximate surface area is 217 Å². The molecule has 0 unspecified atom stereocenters. The van der Waals surface area contributed by atoms with Gasteiger partial charge >= 0.3 is 0 Å². The van der Waals surface area contributed by atoms with Crippen molar-refractivity contribution in [1.82, 2.24) is 24.8 Å². The Morgan fingerprint density at radius 3 is 2.72 bits per heavy atom. The van der Waals surface area contributed by atoms with Gasteiger partial charge in [-0.2, -0.15) is 4.39 Å². The van der Waals surface area contributed by atoms with Crippen molar-refractivity contribution in [3.8, 4) is 5.75 Å². The van der Waals surface area contributed by atoms with Gasteiger partial charge in [0.05, 0.1) is 23.5 Å². The molecule has 3 aromatic heterocycles. The molecule has 0 bridgehead atoms. The number of rotatable bonds is 6. The Kier molecular flexibility index (Phi) is 7.28. The summed E-state index contributed by atoms with van der Waals surface area (Å²) in [7, 11) is 0. The molecule has 0 saturated heterocycles. The third-order valence-electron chi connectivity index (χ3n) is 6.19. The first-order chi connectivity index (χ1) is 17.0. The highest BCUT2D eigenvalue weighted by molar-refractivity contribution is 9.10. The molecule has 0 spiro atoms. The van der Waals surface area contributed by atoms with E-state index in [9.17, 15) is 14.3 Å². The summed E-state index contributed by atoms with van der Waals surface area (Å²) >= 11 is 3.41. The molecule has 2 N–H and O–H groups in total. The molecule has 3 aromatic rings. The van der Waals surface area contributed by atoms with Crippen molar-refractivity contribution in [3.63, 3.8) is 0 Å². The molecule has 0 aromatic carbocycles. The van der Waals surface area contributed by atoms with Crippen molar-refractivity contribution in [2.24, 2.45) is 0 Å². The fraction of sp³-hybridized carbons (Fsp3) is 0.385. The number of allylic oxidation sites excluding steroid dienone is 1. The second kappa shape index (κ2) is 10.1. The van der Waals surface area contributed by atoms with Gasteiger partial charge in [-0.1, -0.05) is 6.07 Å². The van der Waals surface area contributed by atoms with Crippen LogP contribution in [0.15, 0.2) is 51.5 Å². The van der Waals surface area contributed by atoms with Crippen molar-refractivity contribution in [1.29, 1.82) is 0 Å². The molecule has 0 aliphatic carbocycles. The van der Waals surface area contributed by atoms with Crippen LogP contribution in [0.4, 0.5) is 4.39 Å². The zero-order valence-electron chi connectivity index (χ0n) is 20.8. The van der Waals surface area contributed by atoms with Gasteiger partial charge in [-0.15, -0.1) is 0 Å². The van der Waals surface area contributed by atoms with Gasteiger partial charge in [0.1, 0.15) is 22.4 Å². The maximum absolute atomic E-state index is 13.5. The fourth-order valence-corrected chi connectivity index (χ4v) is 4.70.